The average Bonchev–Trinajstić information content (AvgIpc) is 2.79. The van der Waals surface area contributed by atoms with Crippen molar-refractivity contribution < 1.29 is 9.59 Å². The molecule has 7 heteroatoms. The number of benzene rings is 2. The van der Waals surface area contributed by atoms with Crippen molar-refractivity contribution in [2.75, 3.05) is 31.6 Å². The smallest absolute Gasteiger partial charge is 0.218 e. The molecular weight excluding hydrogens is 424 g/mol. The fourth-order valence-corrected chi connectivity index (χ4v) is 4.51. The highest BCUT2D eigenvalue weighted by Crippen LogP contribution is 2.37. The molecule has 1 aliphatic heterocycles. The van der Waals surface area contributed by atoms with Gasteiger partial charge in [-0.25, -0.2) is 0 Å². The molecule has 0 atom stereocenters. The van der Waals surface area contributed by atoms with Crippen LogP contribution in [-0.2, 0) is 4.79 Å². The first-order valence-corrected chi connectivity index (χ1v) is 11.3. The third-order valence-electron chi connectivity index (χ3n) is 6.24. The van der Waals surface area contributed by atoms with E-state index in [-0.39, 0.29) is 5.91 Å². The lowest BCUT2D eigenvalue weighted by Gasteiger charge is -2.33. The lowest BCUT2D eigenvalue weighted by atomic mass is 9.88. The molecule has 0 spiro atoms. The van der Waals surface area contributed by atoms with E-state index in [1.807, 2.05) is 24.0 Å². The number of hydrogen-bond donors (Lipinski definition) is 1. The van der Waals surface area contributed by atoms with Crippen LogP contribution in [0.1, 0.15) is 53.6 Å². The Labute approximate surface area is 195 Å². The van der Waals surface area contributed by atoms with Gasteiger partial charge in [0.25, 0.3) is 0 Å². The molecule has 2 aromatic carbocycles. The molecular formula is C25H31ClN4O2. The Morgan fingerprint density at radius 1 is 1.25 bits per heavy atom. The quantitative estimate of drug-likeness (QED) is 0.373. The first-order chi connectivity index (χ1) is 15.3. The number of carbonyl (C=O) groups excluding carboxylic acids is 2. The highest BCUT2D eigenvalue weighted by atomic mass is 35.5. The second-order valence-electron chi connectivity index (χ2n) is 8.27. The number of amides is 1. The molecule has 0 saturated carbocycles. The number of aldehydes is 1. The Balaban J connectivity index is 1.92. The molecule has 1 saturated heterocycles. The molecule has 32 heavy (non-hydrogen) atoms. The second-order valence-corrected chi connectivity index (χ2v) is 8.68. The summed E-state index contributed by atoms with van der Waals surface area (Å²) in [5.41, 5.74) is 9.81. The van der Waals surface area contributed by atoms with Crippen LogP contribution in [0, 0.1) is 6.92 Å². The van der Waals surface area contributed by atoms with Crippen molar-refractivity contribution >= 4 is 41.0 Å². The zero-order chi connectivity index (χ0) is 23.3. The van der Waals surface area contributed by atoms with Crippen molar-refractivity contribution in [2.45, 2.75) is 39.0 Å². The summed E-state index contributed by atoms with van der Waals surface area (Å²) in [7, 11) is 1.74. The van der Waals surface area contributed by atoms with Gasteiger partial charge in [0.15, 0.2) is 6.29 Å². The fraction of sp³-hybridized carbons (Fsp3) is 0.400. The van der Waals surface area contributed by atoms with Gasteiger partial charge >= 0.3 is 0 Å². The molecule has 1 heterocycles. The summed E-state index contributed by atoms with van der Waals surface area (Å²) in [6, 6.07) is 12.0. The molecule has 170 valence electrons. The molecule has 0 radical (unpaired) electrons. The van der Waals surface area contributed by atoms with Crippen molar-refractivity contribution in [3.8, 4) is 0 Å². The number of nitrogens with zero attached hydrogens (tertiary/aromatic N) is 3. The fourth-order valence-electron chi connectivity index (χ4n) is 4.30. The number of primary amides is 1. The van der Waals surface area contributed by atoms with Crippen LogP contribution in [-0.4, -0.2) is 49.6 Å². The number of carbonyl (C=O) groups is 2. The molecule has 0 aromatic heterocycles. The number of hydrogen-bond acceptors (Lipinski definition) is 4. The second kappa shape index (κ2) is 10.7. The van der Waals surface area contributed by atoms with Gasteiger partial charge in [-0.2, -0.15) is 0 Å². The first-order valence-electron chi connectivity index (χ1n) is 10.9. The molecule has 0 aliphatic carbocycles. The number of aryl methyl sites for hydroxylation is 1. The number of piperidine rings is 1. The molecule has 1 amide bonds. The summed E-state index contributed by atoms with van der Waals surface area (Å²) in [6.07, 6.45) is 3.26. The predicted molar refractivity (Wildman–Crippen MR) is 131 cm³/mol. The van der Waals surface area contributed by atoms with Crippen molar-refractivity contribution in [3.63, 3.8) is 0 Å². The Morgan fingerprint density at radius 3 is 2.59 bits per heavy atom. The number of aliphatic imine (C=N–C) groups is 1. The lowest BCUT2D eigenvalue weighted by molar-refractivity contribution is -0.118. The molecule has 0 unspecified atom stereocenters. The Hall–Kier alpha value is -2.70. The third kappa shape index (κ3) is 5.37. The highest BCUT2D eigenvalue weighted by molar-refractivity contribution is 6.34. The normalized spacial score (nSPS) is 15.6. The van der Waals surface area contributed by atoms with Crippen molar-refractivity contribution in [1.82, 2.24) is 4.90 Å². The van der Waals surface area contributed by atoms with Crippen LogP contribution in [0.15, 0.2) is 41.4 Å². The summed E-state index contributed by atoms with van der Waals surface area (Å²) >= 11 is 6.33. The average molecular weight is 455 g/mol. The molecule has 0 bridgehead atoms. The summed E-state index contributed by atoms with van der Waals surface area (Å²) in [5, 5.41) is 0.420. The number of anilines is 2. The van der Waals surface area contributed by atoms with E-state index in [9.17, 15) is 9.59 Å². The van der Waals surface area contributed by atoms with Crippen molar-refractivity contribution in [2.24, 2.45) is 10.7 Å². The monoisotopic (exact) mass is 454 g/mol. The van der Waals surface area contributed by atoms with Crippen LogP contribution in [0.4, 0.5) is 11.4 Å². The van der Waals surface area contributed by atoms with Crippen LogP contribution in [0.5, 0.6) is 0 Å². The molecule has 1 fully saturated rings. The maximum atomic E-state index is 11.8. The van der Waals surface area contributed by atoms with Gasteiger partial charge < -0.3 is 10.6 Å². The Bertz CT molecular complexity index is 1010. The SMILES string of the molecule is CN=C(C)N(c1cc(C2CCN(CCC(N)=O)CC2)ccc1C)c1cccc(Cl)c1C=O. The van der Waals surface area contributed by atoms with Crippen LogP contribution in [0.2, 0.25) is 5.02 Å². The molecule has 6 nitrogen and oxygen atoms in total. The number of nitrogens with two attached hydrogens (primary N) is 1. The van der Waals surface area contributed by atoms with Crippen LogP contribution < -0.4 is 10.6 Å². The number of amidine groups is 1. The molecule has 1 aliphatic rings. The first kappa shape index (κ1) is 24.0. The zero-order valence-corrected chi connectivity index (χ0v) is 19.7. The largest absolute Gasteiger partial charge is 0.370 e. The Morgan fingerprint density at radius 2 is 1.97 bits per heavy atom. The van der Waals surface area contributed by atoms with Gasteiger partial charge in [-0.1, -0.05) is 29.8 Å². The van der Waals surface area contributed by atoms with Crippen LogP contribution in [0.3, 0.4) is 0 Å². The highest BCUT2D eigenvalue weighted by Gasteiger charge is 2.24. The van der Waals surface area contributed by atoms with Crippen molar-refractivity contribution in [1.29, 1.82) is 0 Å². The van der Waals surface area contributed by atoms with Gasteiger partial charge in [0.1, 0.15) is 5.84 Å². The van der Waals surface area contributed by atoms with Gasteiger partial charge in [-0.05, 0) is 75.0 Å². The topological polar surface area (TPSA) is 79.0 Å². The van der Waals surface area contributed by atoms with Gasteiger partial charge in [-0.15, -0.1) is 0 Å². The van der Waals surface area contributed by atoms with Crippen molar-refractivity contribution in [3.05, 3.63) is 58.1 Å². The van der Waals surface area contributed by atoms with Crippen LogP contribution in [0.25, 0.3) is 0 Å². The lowest BCUT2D eigenvalue weighted by Crippen LogP contribution is -2.35. The van der Waals surface area contributed by atoms with E-state index in [0.29, 0.717) is 22.9 Å². The van der Waals surface area contributed by atoms with Gasteiger partial charge in [0, 0.05) is 20.0 Å². The maximum Gasteiger partial charge on any atom is 0.218 e. The van der Waals surface area contributed by atoms with E-state index in [1.165, 1.54) is 5.56 Å². The summed E-state index contributed by atoms with van der Waals surface area (Å²) in [4.78, 5) is 31.6. The van der Waals surface area contributed by atoms with E-state index >= 15 is 0 Å². The molecule has 3 rings (SSSR count). The molecule has 2 N–H and O–H groups in total. The van der Waals surface area contributed by atoms with E-state index in [4.69, 9.17) is 17.3 Å². The third-order valence-corrected chi connectivity index (χ3v) is 6.57. The van der Waals surface area contributed by atoms with E-state index in [1.54, 1.807) is 13.1 Å². The van der Waals surface area contributed by atoms with E-state index in [0.717, 1.165) is 61.5 Å². The predicted octanol–water partition coefficient (Wildman–Crippen LogP) is 4.70. The summed E-state index contributed by atoms with van der Waals surface area (Å²) < 4.78 is 0. The van der Waals surface area contributed by atoms with Gasteiger partial charge in [-0.3, -0.25) is 19.5 Å². The molecule has 2 aromatic rings. The van der Waals surface area contributed by atoms with E-state index < -0.39 is 0 Å². The number of likely N-dealkylation sites (tertiary alicyclic amines) is 1. The minimum Gasteiger partial charge on any atom is -0.370 e. The minimum atomic E-state index is -0.251. The summed E-state index contributed by atoms with van der Waals surface area (Å²) in [6.45, 7) is 6.61. The maximum absolute atomic E-state index is 11.8. The van der Waals surface area contributed by atoms with Crippen LogP contribution >= 0.6 is 11.6 Å². The Kier molecular flexibility index (Phi) is 8.04. The number of halogens is 1. The van der Waals surface area contributed by atoms with E-state index in [2.05, 4.69) is 35.0 Å². The van der Waals surface area contributed by atoms with Gasteiger partial charge in [0.2, 0.25) is 5.91 Å². The standard InChI is InChI=1S/C25H31ClN4O2/c1-17-7-8-20(19-9-12-29(13-10-19)14-11-25(27)32)15-24(17)30(18(2)28-3)23-6-4-5-22(26)21(23)16-31/h4-8,15-16,19H,9-14H2,1-3H3,(H2,27,32). The summed E-state index contributed by atoms with van der Waals surface area (Å²) in [5.74, 6) is 0.959. The minimum absolute atomic E-state index is 0.251. The van der Waals surface area contributed by atoms with Gasteiger partial charge in [0.05, 0.1) is 22.0 Å². The number of rotatable bonds is 7. The zero-order valence-electron chi connectivity index (χ0n) is 19.0.